The lowest BCUT2D eigenvalue weighted by Gasteiger charge is -2.34. The van der Waals surface area contributed by atoms with Crippen molar-refractivity contribution in [3.05, 3.63) is 53.0 Å². The van der Waals surface area contributed by atoms with Crippen molar-refractivity contribution >= 4 is 27.7 Å². The van der Waals surface area contributed by atoms with Crippen LogP contribution in [0.3, 0.4) is 0 Å². The zero-order valence-corrected chi connectivity index (χ0v) is 15.8. The van der Waals surface area contributed by atoms with E-state index in [4.69, 9.17) is 0 Å². The van der Waals surface area contributed by atoms with Gasteiger partial charge in [-0.15, -0.1) is 0 Å². The van der Waals surface area contributed by atoms with Gasteiger partial charge in [-0.25, -0.2) is 9.97 Å². The average Bonchev–Trinajstić information content (AvgIpc) is 3.07. The number of imidazole rings is 1. The van der Waals surface area contributed by atoms with Crippen molar-refractivity contribution in [2.75, 3.05) is 12.8 Å². The Morgan fingerprint density at radius 3 is 2.81 bits per heavy atom. The second kappa shape index (κ2) is 6.32. The second-order valence-electron chi connectivity index (χ2n) is 6.62. The molecule has 0 spiro atoms. The molecule has 7 heteroatoms. The third-order valence-corrected chi connectivity index (χ3v) is 5.78. The van der Waals surface area contributed by atoms with Crippen LogP contribution in [0.1, 0.15) is 40.4 Å². The van der Waals surface area contributed by atoms with Gasteiger partial charge in [-0.05, 0) is 37.1 Å². The Labute approximate surface area is 154 Å². The predicted molar refractivity (Wildman–Crippen MR) is 101 cm³/mol. The van der Waals surface area contributed by atoms with Gasteiger partial charge in [-0.1, -0.05) is 18.2 Å². The first-order valence-corrected chi connectivity index (χ1v) is 10.1. The summed E-state index contributed by atoms with van der Waals surface area (Å²) in [4.78, 5) is 27.0. The quantitative estimate of drug-likeness (QED) is 0.754. The molecule has 6 nitrogen and oxygen atoms in total. The Bertz CT molecular complexity index is 1040. The summed E-state index contributed by atoms with van der Waals surface area (Å²) in [5.41, 5.74) is 4.67. The molecule has 0 radical (unpaired) electrons. The lowest BCUT2D eigenvalue weighted by Crippen LogP contribution is -2.39. The van der Waals surface area contributed by atoms with Gasteiger partial charge in [0, 0.05) is 24.9 Å². The van der Waals surface area contributed by atoms with E-state index in [1.54, 1.807) is 12.3 Å². The van der Waals surface area contributed by atoms with Crippen LogP contribution in [-0.2, 0) is 17.2 Å². The molecule has 0 aliphatic carbocycles. The summed E-state index contributed by atoms with van der Waals surface area (Å²) < 4.78 is 11.7. The van der Waals surface area contributed by atoms with E-state index >= 15 is 0 Å². The Morgan fingerprint density at radius 1 is 1.27 bits per heavy atom. The van der Waals surface area contributed by atoms with Crippen molar-refractivity contribution < 1.29 is 9.00 Å². The normalized spacial score (nSPS) is 18.0. The second-order valence-corrected chi connectivity index (χ2v) is 7.95. The summed E-state index contributed by atoms with van der Waals surface area (Å²) in [6.07, 6.45) is 2.27. The molecule has 26 heavy (non-hydrogen) atoms. The molecule has 1 aliphatic rings. The van der Waals surface area contributed by atoms with Crippen LogP contribution in [0, 0.1) is 6.92 Å². The first kappa shape index (κ1) is 16.9. The van der Waals surface area contributed by atoms with E-state index in [1.807, 2.05) is 43.0 Å². The van der Waals surface area contributed by atoms with Crippen LogP contribution in [-0.4, -0.2) is 42.8 Å². The largest absolute Gasteiger partial charge is 0.334 e. The maximum absolute atomic E-state index is 13.0. The van der Waals surface area contributed by atoms with Crippen molar-refractivity contribution in [1.29, 1.82) is 0 Å². The van der Waals surface area contributed by atoms with Crippen LogP contribution in [0.4, 0.5) is 0 Å². The number of aromatic nitrogens is 3. The van der Waals surface area contributed by atoms with E-state index in [2.05, 4.69) is 15.0 Å². The van der Waals surface area contributed by atoms with Crippen LogP contribution in [0.15, 0.2) is 35.4 Å². The van der Waals surface area contributed by atoms with Crippen LogP contribution < -0.4 is 0 Å². The number of aryl methyl sites for hydroxylation is 1. The molecule has 134 valence electrons. The van der Waals surface area contributed by atoms with E-state index in [1.165, 1.54) is 0 Å². The smallest absolute Gasteiger partial charge is 0.290 e. The summed E-state index contributed by atoms with van der Waals surface area (Å²) in [5.74, 6) is 0.255. The van der Waals surface area contributed by atoms with Gasteiger partial charge in [0.1, 0.15) is 5.03 Å². The van der Waals surface area contributed by atoms with Gasteiger partial charge in [0.2, 0.25) is 0 Å². The van der Waals surface area contributed by atoms with Crippen LogP contribution in [0.2, 0.25) is 0 Å². The third-order valence-electron chi connectivity index (χ3n) is 4.96. The number of aromatic amines is 1. The fraction of sp³-hybridized carbons (Fsp3) is 0.316. The maximum Gasteiger partial charge on any atom is 0.290 e. The zero-order valence-electron chi connectivity index (χ0n) is 14.9. The Kier molecular flexibility index (Phi) is 4.11. The van der Waals surface area contributed by atoms with Crippen molar-refractivity contribution in [3.8, 4) is 0 Å². The van der Waals surface area contributed by atoms with Crippen LogP contribution >= 0.6 is 0 Å². The maximum atomic E-state index is 13.0. The predicted octanol–water partition coefficient (Wildman–Crippen LogP) is 2.76. The monoisotopic (exact) mass is 368 g/mol. The van der Waals surface area contributed by atoms with Gasteiger partial charge in [0.15, 0.2) is 5.82 Å². The fourth-order valence-corrected chi connectivity index (χ4v) is 4.01. The van der Waals surface area contributed by atoms with Gasteiger partial charge in [-0.3, -0.25) is 9.00 Å². The summed E-state index contributed by atoms with van der Waals surface area (Å²) in [6, 6.07) is 9.48. The molecule has 3 aromatic rings. The molecule has 1 aromatic carbocycles. The van der Waals surface area contributed by atoms with Crippen molar-refractivity contribution in [2.45, 2.75) is 31.3 Å². The summed E-state index contributed by atoms with van der Waals surface area (Å²) in [6.45, 7) is 4.54. The van der Waals surface area contributed by atoms with Gasteiger partial charge in [-0.2, -0.15) is 0 Å². The first-order chi connectivity index (χ1) is 12.5. The number of para-hydroxylation sites is 1. The van der Waals surface area contributed by atoms with Gasteiger partial charge < -0.3 is 9.88 Å². The standard InChI is InChI=1S/C19H20N4O2S/c1-11-5-4-6-15-17(11)22-18(21-15)19(24)23-10-9-14-13(12(23)2)7-8-16(20-14)26(3)25/h4-8,12H,9-10H2,1-3H3,(H,21,22). The average molecular weight is 368 g/mol. The van der Waals surface area contributed by atoms with Crippen molar-refractivity contribution in [3.63, 3.8) is 0 Å². The molecule has 3 heterocycles. The van der Waals surface area contributed by atoms with E-state index in [9.17, 15) is 9.00 Å². The van der Waals surface area contributed by atoms with Gasteiger partial charge in [0.05, 0.1) is 27.9 Å². The van der Waals surface area contributed by atoms with Crippen molar-refractivity contribution in [2.24, 2.45) is 0 Å². The molecule has 0 bridgehead atoms. The molecular weight excluding hydrogens is 348 g/mol. The highest BCUT2D eigenvalue weighted by molar-refractivity contribution is 7.84. The van der Waals surface area contributed by atoms with Crippen LogP contribution in [0.5, 0.6) is 0 Å². The first-order valence-electron chi connectivity index (χ1n) is 8.55. The van der Waals surface area contributed by atoms with E-state index < -0.39 is 10.8 Å². The Morgan fingerprint density at radius 2 is 2.08 bits per heavy atom. The molecular formula is C19H20N4O2S. The minimum absolute atomic E-state index is 0.104. The number of hydrogen-bond donors (Lipinski definition) is 1. The van der Waals surface area contributed by atoms with Crippen molar-refractivity contribution in [1.82, 2.24) is 19.9 Å². The Hall–Kier alpha value is -2.54. The number of hydrogen-bond acceptors (Lipinski definition) is 4. The third kappa shape index (κ3) is 2.72. The molecule has 0 saturated carbocycles. The number of benzene rings is 1. The van der Waals surface area contributed by atoms with E-state index in [0.717, 1.165) is 27.9 Å². The summed E-state index contributed by atoms with van der Waals surface area (Å²) in [5, 5.41) is 0.587. The minimum atomic E-state index is -1.10. The topological polar surface area (TPSA) is 79.0 Å². The highest BCUT2D eigenvalue weighted by Crippen LogP contribution is 2.30. The molecule has 1 amide bonds. The highest BCUT2D eigenvalue weighted by Gasteiger charge is 2.31. The molecule has 0 fully saturated rings. The number of nitrogens with one attached hydrogen (secondary N) is 1. The summed E-state index contributed by atoms with van der Waals surface area (Å²) >= 11 is 0. The van der Waals surface area contributed by atoms with Gasteiger partial charge >= 0.3 is 0 Å². The number of amides is 1. The highest BCUT2D eigenvalue weighted by atomic mass is 32.2. The fourth-order valence-electron chi connectivity index (χ4n) is 3.51. The molecule has 2 unspecified atom stereocenters. The molecule has 0 saturated heterocycles. The number of carbonyl (C=O) groups is 1. The number of rotatable bonds is 2. The van der Waals surface area contributed by atoms with Crippen LogP contribution in [0.25, 0.3) is 11.0 Å². The molecule has 4 rings (SSSR count). The number of carbonyl (C=O) groups excluding carboxylic acids is 1. The number of nitrogens with zero attached hydrogens (tertiary/aromatic N) is 3. The molecule has 2 aromatic heterocycles. The number of H-pyrrole nitrogens is 1. The zero-order chi connectivity index (χ0) is 18.4. The molecule has 2 atom stereocenters. The molecule has 1 N–H and O–H groups in total. The van der Waals surface area contributed by atoms with Gasteiger partial charge in [0.25, 0.3) is 5.91 Å². The summed E-state index contributed by atoms with van der Waals surface area (Å²) in [7, 11) is -1.10. The van der Waals surface area contributed by atoms with E-state index in [0.29, 0.717) is 23.8 Å². The Balaban J connectivity index is 1.66. The molecule has 1 aliphatic heterocycles. The van der Waals surface area contributed by atoms with E-state index in [-0.39, 0.29) is 11.9 Å². The SMILES string of the molecule is Cc1cccc2[nH]c(C(=O)N3CCc4nc(S(C)=O)ccc4C3C)nc12. The number of pyridine rings is 1. The number of fused-ring (bicyclic) bond motifs is 2. The lowest BCUT2D eigenvalue weighted by atomic mass is 9.98. The lowest BCUT2D eigenvalue weighted by molar-refractivity contribution is 0.0664. The minimum Gasteiger partial charge on any atom is -0.334 e.